The lowest BCUT2D eigenvalue weighted by Crippen LogP contribution is -2.78. The number of nitrogens with zero attached hydrogens (tertiary/aromatic N) is 2. The summed E-state index contributed by atoms with van der Waals surface area (Å²) in [5.74, 6) is 0.914. The van der Waals surface area contributed by atoms with Crippen LogP contribution >= 0.6 is 0 Å². The van der Waals surface area contributed by atoms with E-state index in [1.165, 1.54) is 11.1 Å². The highest BCUT2D eigenvalue weighted by atomic mass is 14.9. The Morgan fingerprint density at radius 1 is 0.448 bits per heavy atom. The van der Waals surface area contributed by atoms with Gasteiger partial charge in [0.25, 0.3) is 0 Å². The van der Waals surface area contributed by atoms with Crippen molar-refractivity contribution in [1.29, 1.82) is 0 Å². The van der Waals surface area contributed by atoms with E-state index in [4.69, 9.17) is 9.98 Å². The first kappa shape index (κ1) is 38.0. The van der Waals surface area contributed by atoms with E-state index in [1.54, 1.807) is 0 Å². The molecule has 4 aliphatic carbocycles. The van der Waals surface area contributed by atoms with Gasteiger partial charge < -0.3 is 10.6 Å². The number of nitrogens with one attached hydrogen (secondary N) is 4. The summed E-state index contributed by atoms with van der Waals surface area (Å²) in [6.45, 7) is 4.31. The Kier molecular flexibility index (Phi) is 12.0. The fourth-order valence-corrected chi connectivity index (χ4v) is 7.06. The molecule has 0 spiro atoms. The minimum absolute atomic E-state index is 0.150. The molecule has 286 valence electrons. The molecular formula is C52H50N6+2. The van der Waals surface area contributed by atoms with Crippen LogP contribution in [0.1, 0.15) is 24.5 Å². The van der Waals surface area contributed by atoms with E-state index < -0.39 is 0 Å². The molecule has 6 nitrogen and oxygen atoms in total. The number of hydrogen-bond acceptors (Lipinski definition) is 4. The van der Waals surface area contributed by atoms with E-state index >= 15 is 0 Å². The standard InChI is InChI=1S/C52H48N6/c1-3-38-6-14-42(15-7-38)54-46-22-30-50(31-23-46)58-52-34-26-48(27-35-52)56-44-18-10-40(11-19-44)36-39-8-16-43(17-9-39)55-47-24-32-51(33-25-47)57-49-28-20-45(21-29-49)53-41-12-4-37(2)5-13-41/h4-35,38-39,42-43,53,56H,3,36H2,1-2H3/p+2. The molecule has 58 heavy (non-hydrogen) atoms. The highest BCUT2D eigenvalue weighted by Crippen LogP contribution is 2.24. The molecule has 0 saturated heterocycles. The van der Waals surface area contributed by atoms with Crippen molar-refractivity contribution in [2.24, 2.45) is 21.8 Å². The fourth-order valence-electron chi connectivity index (χ4n) is 7.06. The Morgan fingerprint density at radius 2 is 0.828 bits per heavy atom. The molecule has 0 bridgehead atoms. The normalized spacial score (nSPS) is 20.4. The van der Waals surface area contributed by atoms with Gasteiger partial charge in [0.1, 0.15) is 0 Å². The maximum atomic E-state index is 4.82. The number of aryl methyl sites for hydroxylation is 1. The van der Waals surface area contributed by atoms with Crippen LogP contribution in [-0.2, 0) is 6.42 Å². The molecule has 4 aromatic carbocycles. The van der Waals surface area contributed by atoms with Crippen LogP contribution in [0.15, 0.2) is 204 Å². The lowest BCUT2D eigenvalue weighted by Gasteiger charge is -2.14. The zero-order valence-corrected chi connectivity index (χ0v) is 33.1. The van der Waals surface area contributed by atoms with Gasteiger partial charge >= 0.3 is 0 Å². The quantitative estimate of drug-likeness (QED) is 0.0913. The zero-order chi connectivity index (χ0) is 39.5. The number of rotatable bonds is 11. The minimum Gasteiger partial charge on any atom is -0.356 e. The van der Waals surface area contributed by atoms with E-state index in [2.05, 4.69) is 204 Å². The second kappa shape index (κ2) is 18.4. The molecule has 6 heteroatoms. The lowest BCUT2D eigenvalue weighted by atomic mass is 9.94. The monoisotopic (exact) mass is 758 g/mol. The number of benzene rings is 4. The number of anilines is 4. The molecule has 0 fully saturated rings. The summed E-state index contributed by atoms with van der Waals surface area (Å²) in [7, 11) is 0. The van der Waals surface area contributed by atoms with Crippen LogP contribution < -0.4 is 20.6 Å². The molecule has 0 saturated carbocycles. The van der Waals surface area contributed by atoms with E-state index in [0.717, 1.165) is 69.8 Å². The van der Waals surface area contributed by atoms with Crippen molar-refractivity contribution in [3.05, 3.63) is 205 Å². The van der Waals surface area contributed by atoms with Gasteiger partial charge in [-0.2, -0.15) is 0 Å². The molecule has 0 heterocycles. The molecule has 0 atom stereocenters. The Bertz CT molecular complexity index is 2380. The predicted octanol–water partition coefficient (Wildman–Crippen LogP) is 8.80. The Hall–Kier alpha value is -6.92. The van der Waals surface area contributed by atoms with Crippen LogP contribution in [0.25, 0.3) is 0 Å². The van der Waals surface area contributed by atoms with Crippen LogP contribution in [0, 0.1) is 18.8 Å². The number of allylic oxidation sites excluding steroid dienone is 12. The van der Waals surface area contributed by atoms with Crippen molar-refractivity contribution < 1.29 is 9.98 Å². The Morgan fingerprint density at radius 3 is 1.24 bits per heavy atom. The topological polar surface area (TPSA) is 76.7 Å². The van der Waals surface area contributed by atoms with E-state index in [1.807, 2.05) is 24.3 Å². The highest BCUT2D eigenvalue weighted by Gasteiger charge is 2.15. The van der Waals surface area contributed by atoms with Crippen LogP contribution in [0.3, 0.4) is 0 Å². The SMILES string of the molecule is CCC1C=CC([NH+]=C2C=CC(=Nc3ccc(Nc4ccc(CC5C=CC([NH+]=C6C=CC(=Nc7ccc(Nc8ccc(C)cc8)cc7)C=C6)C=C5)cc4)cc3)C=C2)C=C1. The number of hydrogen-bond donors (Lipinski definition) is 4. The van der Waals surface area contributed by atoms with Crippen LogP contribution in [0.4, 0.5) is 34.1 Å². The minimum atomic E-state index is 0.150. The van der Waals surface area contributed by atoms with Gasteiger partial charge in [0.05, 0.1) is 22.8 Å². The third-order valence-electron chi connectivity index (χ3n) is 10.4. The third-order valence-corrected chi connectivity index (χ3v) is 10.4. The molecule has 0 amide bonds. The molecule has 0 unspecified atom stereocenters. The summed E-state index contributed by atoms with van der Waals surface area (Å²) in [5.41, 5.74) is 12.6. The number of aliphatic imine (C=N–C) groups is 2. The van der Waals surface area contributed by atoms with Crippen molar-refractivity contribution >= 4 is 57.0 Å². The van der Waals surface area contributed by atoms with Gasteiger partial charge in [-0.3, -0.25) is 0 Å². The second-order valence-electron chi connectivity index (χ2n) is 15.0. The Labute approximate surface area is 342 Å². The average molecular weight is 759 g/mol. The maximum Gasteiger partial charge on any atom is 0.199 e. The van der Waals surface area contributed by atoms with Gasteiger partial charge in [0, 0.05) is 47.1 Å². The van der Waals surface area contributed by atoms with Gasteiger partial charge in [-0.1, -0.05) is 61.1 Å². The molecule has 0 aromatic heterocycles. The largest absolute Gasteiger partial charge is 0.356 e. The van der Waals surface area contributed by atoms with Gasteiger partial charge in [-0.15, -0.1) is 0 Å². The molecule has 4 aliphatic rings. The van der Waals surface area contributed by atoms with Crippen molar-refractivity contribution in [1.82, 2.24) is 0 Å². The van der Waals surface area contributed by atoms with E-state index in [-0.39, 0.29) is 12.1 Å². The van der Waals surface area contributed by atoms with Gasteiger partial charge in [-0.05, 0) is 159 Å². The van der Waals surface area contributed by atoms with Crippen molar-refractivity contribution in [2.45, 2.75) is 38.8 Å². The first-order chi connectivity index (χ1) is 28.5. The van der Waals surface area contributed by atoms with Gasteiger partial charge in [0.15, 0.2) is 23.5 Å². The van der Waals surface area contributed by atoms with E-state index in [0.29, 0.717) is 11.8 Å². The van der Waals surface area contributed by atoms with Gasteiger partial charge in [-0.25, -0.2) is 20.0 Å². The molecule has 0 aliphatic heterocycles. The Balaban J connectivity index is 0.774. The first-order valence-electron chi connectivity index (χ1n) is 20.3. The summed E-state index contributed by atoms with van der Waals surface area (Å²) in [4.78, 5) is 16.8. The molecule has 4 aromatic rings. The summed E-state index contributed by atoms with van der Waals surface area (Å²) >= 11 is 0. The maximum absolute atomic E-state index is 4.82. The second-order valence-corrected chi connectivity index (χ2v) is 15.0. The molecule has 8 rings (SSSR count). The van der Waals surface area contributed by atoms with Crippen molar-refractivity contribution in [3.63, 3.8) is 0 Å². The van der Waals surface area contributed by atoms with E-state index in [9.17, 15) is 0 Å². The summed E-state index contributed by atoms with van der Waals surface area (Å²) in [5, 5.41) is 6.97. The van der Waals surface area contributed by atoms with Crippen molar-refractivity contribution in [2.75, 3.05) is 10.6 Å². The molecular weight excluding hydrogens is 709 g/mol. The third kappa shape index (κ3) is 10.7. The summed E-state index contributed by atoms with van der Waals surface area (Å²) < 4.78 is 0. The average Bonchev–Trinajstić information content (AvgIpc) is 3.26. The first-order valence-corrected chi connectivity index (χ1v) is 20.3. The van der Waals surface area contributed by atoms with Crippen molar-refractivity contribution in [3.8, 4) is 0 Å². The molecule has 4 N–H and O–H groups in total. The summed E-state index contributed by atoms with van der Waals surface area (Å²) in [6.07, 6.45) is 36.8. The fraction of sp³-hybridized carbons (Fsp3) is 0.154. The molecule has 0 radical (unpaired) electrons. The smallest absolute Gasteiger partial charge is 0.199 e. The lowest BCUT2D eigenvalue weighted by molar-refractivity contribution is -0.474. The highest BCUT2D eigenvalue weighted by molar-refractivity contribution is 6.18. The predicted molar refractivity (Wildman–Crippen MR) is 245 cm³/mol. The summed E-state index contributed by atoms with van der Waals surface area (Å²) in [6, 6.07) is 33.9. The zero-order valence-electron chi connectivity index (χ0n) is 33.1. The van der Waals surface area contributed by atoms with Crippen LogP contribution in [0.2, 0.25) is 0 Å². The van der Waals surface area contributed by atoms with Crippen LogP contribution in [0.5, 0.6) is 0 Å². The van der Waals surface area contributed by atoms with Crippen LogP contribution in [-0.4, -0.2) is 34.9 Å². The van der Waals surface area contributed by atoms with Gasteiger partial charge in [0.2, 0.25) is 0 Å².